The highest BCUT2D eigenvalue weighted by atomic mass is 16.5. The van der Waals surface area contributed by atoms with Gasteiger partial charge in [-0.05, 0) is 48.0 Å². The molecule has 26 heavy (non-hydrogen) atoms. The average molecular weight is 340 g/mol. The first-order valence-corrected chi connectivity index (χ1v) is 8.49. The Morgan fingerprint density at radius 2 is 1.81 bits per heavy atom. The molecule has 1 aliphatic heterocycles. The van der Waals surface area contributed by atoms with E-state index in [1.54, 1.807) is 13.3 Å². The minimum absolute atomic E-state index is 0.220. The van der Waals surface area contributed by atoms with Crippen molar-refractivity contribution in [1.82, 2.24) is 9.97 Å². The number of nitrogens with zero attached hydrogens (tertiary/aromatic N) is 2. The molecule has 4 heteroatoms. The maximum absolute atomic E-state index is 6.37. The number of pyridine rings is 2. The Labute approximate surface area is 151 Å². The number of methoxy groups -OCH3 is 1. The summed E-state index contributed by atoms with van der Waals surface area (Å²) < 4.78 is 11.6. The van der Waals surface area contributed by atoms with Crippen LogP contribution in [0.15, 0.2) is 72.9 Å². The van der Waals surface area contributed by atoms with E-state index in [0.29, 0.717) is 0 Å². The smallest absolute Gasteiger partial charge is 0.159 e. The van der Waals surface area contributed by atoms with E-state index < -0.39 is 0 Å². The molecular weight excluding hydrogens is 324 g/mol. The maximum atomic E-state index is 6.37. The van der Waals surface area contributed by atoms with Crippen LogP contribution in [-0.2, 0) is 0 Å². The van der Waals surface area contributed by atoms with Crippen LogP contribution in [0.5, 0.6) is 11.5 Å². The van der Waals surface area contributed by atoms with Crippen LogP contribution in [-0.4, -0.2) is 17.1 Å². The molecule has 0 aliphatic carbocycles. The van der Waals surface area contributed by atoms with Crippen molar-refractivity contribution >= 4 is 11.0 Å². The van der Waals surface area contributed by atoms with Crippen LogP contribution < -0.4 is 9.47 Å². The Morgan fingerprint density at radius 1 is 0.962 bits per heavy atom. The molecule has 0 radical (unpaired) electrons. The molecule has 1 aliphatic rings. The molecule has 3 heterocycles. The summed E-state index contributed by atoms with van der Waals surface area (Å²) in [4.78, 5) is 9.26. The van der Waals surface area contributed by atoms with Crippen LogP contribution in [0.25, 0.3) is 22.3 Å². The van der Waals surface area contributed by atoms with Crippen molar-refractivity contribution < 1.29 is 9.47 Å². The predicted molar refractivity (Wildman–Crippen MR) is 100 cm³/mol. The zero-order valence-corrected chi connectivity index (χ0v) is 14.2. The summed E-state index contributed by atoms with van der Waals surface area (Å²) in [5.41, 5.74) is 4.79. The van der Waals surface area contributed by atoms with Gasteiger partial charge in [-0.1, -0.05) is 24.3 Å². The standard InChI is InChI=1S/C22H16N2O2/c1-25-16-10-8-14(9-11-16)21-18-13-15-5-4-12-23-22(15)24-20(18)17-6-2-3-7-19(17)26-21/h2-13,21H,1H3. The van der Waals surface area contributed by atoms with Crippen molar-refractivity contribution in [3.05, 3.63) is 84.1 Å². The monoisotopic (exact) mass is 340 g/mol. The molecule has 0 saturated carbocycles. The first kappa shape index (κ1) is 14.9. The summed E-state index contributed by atoms with van der Waals surface area (Å²) in [7, 11) is 1.67. The highest BCUT2D eigenvalue weighted by Crippen LogP contribution is 2.44. The molecule has 0 bridgehead atoms. The molecule has 1 atom stereocenters. The third-order valence-electron chi connectivity index (χ3n) is 4.71. The van der Waals surface area contributed by atoms with E-state index in [9.17, 15) is 0 Å². The minimum Gasteiger partial charge on any atom is -0.497 e. The SMILES string of the molecule is COc1ccc(C2Oc3ccccc3-c3nc4ncccc4cc32)cc1. The Bertz CT molecular complexity index is 1110. The number of ether oxygens (including phenoxy) is 2. The van der Waals surface area contributed by atoms with Crippen molar-refractivity contribution in [2.24, 2.45) is 0 Å². The van der Waals surface area contributed by atoms with Crippen LogP contribution in [0.3, 0.4) is 0 Å². The zero-order valence-electron chi connectivity index (χ0n) is 14.2. The van der Waals surface area contributed by atoms with Gasteiger partial charge in [-0.3, -0.25) is 0 Å². The highest BCUT2D eigenvalue weighted by molar-refractivity contribution is 5.83. The topological polar surface area (TPSA) is 44.2 Å². The molecule has 0 fully saturated rings. The highest BCUT2D eigenvalue weighted by Gasteiger charge is 2.29. The fourth-order valence-corrected chi connectivity index (χ4v) is 3.42. The van der Waals surface area contributed by atoms with Gasteiger partial charge in [0.1, 0.15) is 11.5 Å². The van der Waals surface area contributed by atoms with Crippen LogP contribution in [0, 0.1) is 0 Å². The molecule has 4 nitrogen and oxygen atoms in total. The molecule has 1 unspecified atom stereocenters. The van der Waals surface area contributed by atoms with Gasteiger partial charge in [0.2, 0.25) is 0 Å². The second-order valence-corrected chi connectivity index (χ2v) is 6.24. The van der Waals surface area contributed by atoms with Crippen LogP contribution >= 0.6 is 0 Å². The lowest BCUT2D eigenvalue weighted by molar-refractivity contribution is 0.243. The van der Waals surface area contributed by atoms with E-state index in [1.165, 1.54) is 0 Å². The average Bonchev–Trinajstić information content (AvgIpc) is 2.72. The third kappa shape index (κ3) is 2.30. The normalized spacial score (nSPS) is 15.0. The van der Waals surface area contributed by atoms with Crippen molar-refractivity contribution in [2.75, 3.05) is 7.11 Å². The van der Waals surface area contributed by atoms with E-state index in [-0.39, 0.29) is 6.10 Å². The van der Waals surface area contributed by atoms with Crippen molar-refractivity contribution in [3.8, 4) is 22.8 Å². The number of hydrogen-bond donors (Lipinski definition) is 0. The molecule has 0 saturated heterocycles. The van der Waals surface area contributed by atoms with Gasteiger partial charge in [-0.25, -0.2) is 9.97 Å². The second-order valence-electron chi connectivity index (χ2n) is 6.24. The van der Waals surface area contributed by atoms with Gasteiger partial charge in [-0.2, -0.15) is 0 Å². The zero-order chi connectivity index (χ0) is 17.5. The number of aromatic nitrogens is 2. The molecule has 126 valence electrons. The van der Waals surface area contributed by atoms with Gasteiger partial charge in [0, 0.05) is 22.7 Å². The summed E-state index contributed by atoms with van der Waals surface area (Å²) in [5.74, 6) is 1.66. The third-order valence-corrected chi connectivity index (χ3v) is 4.71. The van der Waals surface area contributed by atoms with Crippen LogP contribution in [0.1, 0.15) is 17.2 Å². The van der Waals surface area contributed by atoms with E-state index in [1.807, 2.05) is 60.7 Å². The fraction of sp³-hybridized carbons (Fsp3) is 0.0909. The number of para-hydroxylation sites is 1. The number of rotatable bonds is 2. The number of fused-ring (bicyclic) bond motifs is 4. The van der Waals surface area contributed by atoms with Gasteiger partial charge in [-0.15, -0.1) is 0 Å². The van der Waals surface area contributed by atoms with Gasteiger partial charge in [0.05, 0.1) is 12.8 Å². The summed E-state index contributed by atoms with van der Waals surface area (Å²) in [5, 5.41) is 1.01. The molecule has 4 aromatic rings. The Kier molecular flexibility index (Phi) is 3.35. The van der Waals surface area contributed by atoms with Gasteiger partial charge in [0.15, 0.2) is 11.8 Å². The lowest BCUT2D eigenvalue weighted by atomic mass is 9.92. The van der Waals surface area contributed by atoms with Crippen molar-refractivity contribution in [2.45, 2.75) is 6.10 Å². The Balaban J connectivity index is 1.74. The molecule has 5 rings (SSSR count). The summed E-state index contributed by atoms with van der Waals surface area (Å²) >= 11 is 0. The Morgan fingerprint density at radius 3 is 2.65 bits per heavy atom. The molecule has 0 N–H and O–H groups in total. The predicted octanol–water partition coefficient (Wildman–Crippen LogP) is 4.79. The second kappa shape index (κ2) is 5.85. The maximum Gasteiger partial charge on any atom is 0.159 e. The number of benzene rings is 2. The van der Waals surface area contributed by atoms with Crippen LogP contribution in [0.2, 0.25) is 0 Å². The lowest BCUT2D eigenvalue weighted by Crippen LogP contribution is -2.16. The van der Waals surface area contributed by atoms with E-state index in [0.717, 1.165) is 44.9 Å². The first-order chi connectivity index (χ1) is 12.8. The van der Waals surface area contributed by atoms with E-state index in [4.69, 9.17) is 14.5 Å². The van der Waals surface area contributed by atoms with Crippen LogP contribution in [0.4, 0.5) is 0 Å². The van der Waals surface area contributed by atoms with Gasteiger partial charge < -0.3 is 9.47 Å². The molecule has 0 amide bonds. The van der Waals surface area contributed by atoms with Gasteiger partial charge in [0.25, 0.3) is 0 Å². The van der Waals surface area contributed by atoms with Crippen molar-refractivity contribution in [1.29, 1.82) is 0 Å². The number of hydrogen-bond acceptors (Lipinski definition) is 4. The lowest BCUT2D eigenvalue weighted by Gasteiger charge is -2.28. The summed E-state index contributed by atoms with van der Waals surface area (Å²) in [6, 6.07) is 22.1. The summed E-state index contributed by atoms with van der Waals surface area (Å²) in [6.45, 7) is 0. The Hall–Kier alpha value is -3.40. The molecule has 2 aromatic heterocycles. The summed E-state index contributed by atoms with van der Waals surface area (Å²) in [6.07, 6.45) is 1.55. The molecule has 2 aromatic carbocycles. The quantitative estimate of drug-likeness (QED) is 0.526. The largest absolute Gasteiger partial charge is 0.497 e. The first-order valence-electron chi connectivity index (χ1n) is 8.49. The van der Waals surface area contributed by atoms with Gasteiger partial charge >= 0.3 is 0 Å². The van der Waals surface area contributed by atoms with Crippen molar-refractivity contribution in [3.63, 3.8) is 0 Å². The molecule has 0 spiro atoms. The van der Waals surface area contributed by atoms with E-state index >= 15 is 0 Å². The van der Waals surface area contributed by atoms with E-state index in [2.05, 4.69) is 11.1 Å². The minimum atomic E-state index is -0.220. The molecular formula is C22H16N2O2. The fourth-order valence-electron chi connectivity index (χ4n) is 3.42.